The van der Waals surface area contributed by atoms with E-state index in [1.54, 1.807) is 37.3 Å². The van der Waals surface area contributed by atoms with Crippen LogP contribution in [0.25, 0.3) is 0 Å². The van der Waals surface area contributed by atoms with E-state index in [-0.39, 0.29) is 35.0 Å². The third-order valence-electron chi connectivity index (χ3n) is 4.95. The lowest BCUT2D eigenvalue weighted by Gasteiger charge is -2.32. The van der Waals surface area contributed by atoms with Gasteiger partial charge < -0.3 is 15.0 Å². The second kappa shape index (κ2) is 11.8. The zero-order valence-electron chi connectivity index (χ0n) is 19.7. The molecule has 0 heterocycles. The van der Waals surface area contributed by atoms with Crippen LogP contribution in [0.15, 0.2) is 42.5 Å². The number of benzene rings is 2. The molecule has 1 atom stereocenters. The number of rotatable bonds is 10. The van der Waals surface area contributed by atoms with Crippen LogP contribution in [0.1, 0.15) is 26.3 Å². The van der Waals surface area contributed by atoms with Crippen molar-refractivity contribution in [2.45, 2.75) is 39.4 Å². The molecule has 1 N–H and O–H groups in total. The fourth-order valence-corrected chi connectivity index (χ4v) is 4.36. The highest BCUT2D eigenvalue weighted by Gasteiger charge is 2.31. The van der Waals surface area contributed by atoms with Crippen LogP contribution in [0.3, 0.4) is 0 Å². The van der Waals surface area contributed by atoms with Crippen LogP contribution >= 0.6 is 23.2 Å². The highest BCUT2D eigenvalue weighted by Crippen LogP contribution is 2.33. The lowest BCUT2D eigenvalue weighted by molar-refractivity contribution is -0.139. The fourth-order valence-electron chi connectivity index (χ4n) is 3.23. The quantitative estimate of drug-likeness (QED) is 0.506. The van der Waals surface area contributed by atoms with E-state index < -0.39 is 28.5 Å². The minimum Gasteiger partial charge on any atom is -0.495 e. The second-order valence-corrected chi connectivity index (χ2v) is 10.9. The monoisotopic (exact) mass is 529 g/mol. The first-order valence-corrected chi connectivity index (χ1v) is 13.1. The highest BCUT2D eigenvalue weighted by atomic mass is 35.5. The Morgan fingerprint density at radius 2 is 1.62 bits per heavy atom. The summed E-state index contributed by atoms with van der Waals surface area (Å²) in [4.78, 5) is 27.6. The van der Waals surface area contributed by atoms with Gasteiger partial charge in [-0.05, 0) is 56.7 Å². The van der Waals surface area contributed by atoms with E-state index in [0.717, 1.165) is 16.1 Å². The number of methoxy groups -OCH3 is 1. The van der Waals surface area contributed by atoms with Crippen LogP contribution in [-0.4, -0.2) is 57.1 Å². The molecule has 2 aromatic rings. The molecule has 0 aromatic heterocycles. The first kappa shape index (κ1) is 27.8. The molecule has 0 fully saturated rings. The SMILES string of the molecule is COc1ccc(Cl)cc1N(CC(=O)N(Cc1ccc(Cl)cc1)[C@H](C)C(=O)NC(C)C)S(C)(=O)=O. The average molecular weight is 530 g/mol. The normalized spacial score (nSPS) is 12.2. The summed E-state index contributed by atoms with van der Waals surface area (Å²) in [5.74, 6) is -0.699. The predicted octanol–water partition coefficient (Wildman–Crippen LogP) is 3.71. The van der Waals surface area contributed by atoms with Gasteiger partial charge in [0.2, 0.25) is 21.8 Å². The van der Waals surface area contributed by atoms with Gasteiger partial charge in [0.1, 0.15) is 18.3 Å². The van der Waals surface area contributed by atoms with E-state index in [0.29, 0.717) is 5.02 Å². The van der Waals surface area contributed by atoms with Gasteiger partial charge in [-0.15, -0.1) is 0 Å². The molecule has 0 unspecified atom stereocenters. The van der Waals surface area contributed by atoms with Crippen LogP contribution < -0.4 is 14.4 Å². The van der Waals surface area contributed by atoms with Gasteiger partial charge in [-0.1, -0.05) is 35.3 Å². The number of sulfonamides is 1. The van der Waals surface area contributed by atoms with Crippen LogP contribution in [0.5, 0.6) is 5.75 Å². The maximum atomic E-state index is 13.5. The van der Waals surface area contributed by atoms with Crippen LogP contribution in [0, 0.1) is 0 Å². The molecule has 2 amide bonds. The third kappa shape index (κ3) is 7.51. The molecule has 0 saturated carbocycles. The van der Waals surface area contributed by atoms with Gasteiger partial charge in [0.15, 0.2) is 0 Å². The van der Waals surface area contributed by atoms with Crippen molar-refractivity contribution in [1.29, 1.82) is 0 Å². The number of halogens is 2. The van der Waals surface area contributed by atoms with Crippen LogP contribution in [0.2, 0.25) is 10.0 Å². The fraction of sp³-hybridized carbons (Fsp3) is 0.391. The van der Waals surface area contributed by atoms with Gasteiger partial charge in [0.25, 0.3) is 0 Å². The Bertz CT molecular complexity index is 1120. The van der Waals surface area contributed by atoms with Crippen LogP contribution in [0.4, 0.5) is 5.69 Å². The van der Waals surface area contributed by atoms with Crippen molar-refractivity contribution in [3.8, 4) is 5.75 Å². The standard InChI is InChI=1S/C23H29Cl2N3O5S/c1-15(2)26-23(30)16(3)27(13-17-6-8-18(24)9-7-17)22(29)14-28(34(5,31)32)20-12-19(25)10-11-21(20)33-4/h6-12,15-16H,13-14H2,1-5H3,(H,26,30)/t16-/m1/s1. The first-order chi connectivity index (χ1) is 15.8. The summed E-state index contributed by atoms with van der Waals surface area (Å²) in [6.07, 6.45) is 0.985. The number of hydrogen-bond acceptors (Lipinski definition) is 5. The first-order valence-electron chi connectivity index (χ1n) is 10.5. The molecule has 0 saturated heterocycles. The van der Waals surface area contributed by atoms with Crippen molar-refractivity contribution >= 4 is 50.7 Å². The molecule has 11 heteroatoms. The molecular formula is C23H29Cl2N3O5S. The van der Waals surface area contributed by atoms with E-state index in [9.17, 15) is 18.0 Å². The molecular weight excluding hydrogens is 501 g/mol. The number of nitrogens with zero attached hydrogens (tertiary/aromatic N) is 2. The Morgan fingerprint density at radius 1 is 1.03 bits per heavy atom. The summed E-state index contributed by atoms with van der Waals surface area (Å²) in [5.41, 5.74) is 0.852. The zero-order valence-corrected chi connectivity index (χ0v) is 22.0. The van der Waals surface area contributed by atoms with E-state index in [1.807, 2.05) is 13.8 Å². The van der Waals surface area contributed by atoms with Crippen molar-refractivity contribution in [3.05, 3.63) is 58.1 Å². The van der Waals surface area contributed by atoms with Crippen molar-refractivity contribution in [1.82, 2.24) is 10.2 Å². The maximum Gasteiger partial charge on any atom is 0.244 e. The molecule has 2 rings (SSSR count). The molecule has 0 spiro atoms. The van der Waals surface area contributed by atoms with E-state index in [2.05, 4.69) is 5.32 Å². The number of anilines is 1. The topological polar surface area (TPSA) is 96.0 Å². The number of hydrogen-bond donors (Lipinski definition) is 1. The Kier molecular flexibility index (Phi) is 9.61. The van der Waals surface area contributed by atoms with Crippen LogP contribution in [-0.2, 0) is 26.2 Å². The smallest absolute Gasteiger partial charge is 0.244 e. The molecule has 186 valence electrons. The Labute approximate surface area is 210 Å². The number of carbonyl (C=O) groups is 2. The van der Waals surface area contributed by atoms with Crippen molar-refractivity contribution in [2.24, 2.45) is 0 Å². The average Bonchev–Trinajstić information content (AvgIpc) is 2.75. The van der Waals surface area contributed by atoms with Gasteiger partial charge in [0.05, 0.1) is 19.1 Å². The summed E-state index contributed by atoms with van der Waals surface area (Å²) in [7, 11) is -2.52. The molecule has 0 aliphatic heterocycles. The van der Waals surface area contributed by atoms with Gasteiger partial charge >= 0.3 is 0 Å². The molecule has 0 aliphatic rings. The number of ether oxygens (including phenoxy) is 1. The van der Waals surface area contributed by atoms with E-state index in [1.165, 1.54) is 24.1 Å². The Morgan fingerprint density at radius 3 is 2.15 bits per heavy atom. The van der Waals surface area contributed by atoms with Gasteiger partial charge in [-0.25, -0.2) is 8.42 Å². The summed E-state index contributed by atoms with van der Waals surface area (Å²) >= 11 is 12.1. The lowest BCUT2D eigenvalue weighted by Crippen LogP contribution is -2.52. The predicted molar refractivity (Wildman–Crippen MR) is 135 cm³/mol. The van der Waals surface area contributed by atoms with Crippen molar-refractivity contribution < 1.29 is 22.7 Å². The molecule has 0 bridgehead atoms. The molecule has 0 aliphatic carbocycles. The largest absolute Gasteiger partial charge is 0.495 e. The van der Waals surface area contributed by atoms with E-state index in [4.69, 9.17) is 27.9 Å². The molecule has 8 nitrogen and oxygen atoms in total. The lowest BCUT2D eigenvalue weighted by atomic mass is 10.1. The minimum absolute atomic E-state index is 0.0764. The Balaban J connectivity index is 2.45. The number of nitrogens with one attached hydrogen (secondary N) is 1. The third-order valence-corrected chi connectivity index (χ3v) is 6.57. The Hall–Kier alpha value is -2.49. The summed E-state index contributed by atoms with van der Waals surface area (Å²) < 4.78 is 31.6. The maximum absolute atomic E-state index is 13.5. The molecule has 2 aromatic carbocycles. The van der Waals surface area contributed by atoms with Gasteiger partial charge in [-0.3, -0.25) is 13.9 Å². The van der Waals surface area contributed by atoms with Gasteiger partial charge in [-0.2, -0.15) is 0 Å². The zero-order chi connectivity index (χ0) is 25.6. The van der Waals surface area contributed by atoms with Crippen molar-refractivity contribution in [2.75, 3.05) is 24.2 Å². The highest BCUT2D eigenvalue weighted by molar-refractivity contribution is 7.92. The van der Waals surface area contributed by atoms with E-state index >= 15 is 0 Å². The molecule has 34 heavy (non-hydrogen) atoms. The minimum atomic E-state index is -3.91. The van der Waals surface area contributed by atoms with Crippen molar-refractivity contribution in [3.63, 3.8) is 0 Å². The van der Waals surface area contributed by atoms with Gasteiger partial charge in [0, 0.05) is 22.6 Å². The number of carbonyl (C=O) groups excluding carboxylic acids is 2. The number of amides is 2. The summed E-state index contributed by atoms with van der Waals surface area (Å²) in [6.45, 7) is 4.74. The summed E-state index contributed by atoms with van der Waals surface area (Å²) in [5, 5.41) is 3.60. The summed E-state index contributed by atoms with van der Waals surface area (Å²) in [6, 6.07) is 10.3. The second-order valence-electron chi connectivity index (χ2n) is 8.07. The molecule has 0 radical (unpaired) electrons.